The number of nitrogens with zero attached hydrogens (tertiary/aromatic N) is 1. The molecule has 0 aliphatic carbocycles. The van der Waals surface area contributed by atoms with Crippen LogP contribution < -0.4 is 0 Å². The van der Waals surface area contributed by atoms with Crippen molar-refractivity contribution in [2.45, 2.75) is 13.2 Å². The maximum atomic E-state index is 5.15. The Morgan fingerprint density at radius 3 is 2.80 bits per heavy atom. The second kappa shape index (κ2) is 2.88. The van der Waals surface area contributed by atoms with Crippen molar-refractivity contribution in [1.29, 1.82) is 0 Å². The summed E-state index contributed by atoms with van der Waals surface area (Å²) in [5, 5.41) is 0. The van der Waals surface area contributed by atoms with Crippen LogP contribution in [0.5, 0.6) is 0 Å². The van der Waals surface area contributed by atoms with Crippen LogP contribution in [-0.4, -0.2) is 25.3 Å². The van der Waals surface area contributed by atoms with Gasteiger partial charge >= 0.3 is 0 Å². The molecule has 1 rings (SSSR count). The Kier molecular flexibility index (Phi) is 2.12. The van der Waals surface area contributed by atoms with Crippen molar-refractivity contribution < 1.29 is 4.74 Å². The van der Waals surface area contributed by atoms with E-state index >= 15 is 0 Å². The first-order valence-electron chi connectivity index (χ1n) is 3.35. The van der Waals surface area contributed by atoms with Gasteiger partial charge in [-0.2, -0.15) is 0 Å². The van der Waals surface area contributed by atoms with Crippen molar-refractivity contribution in [2.24, 2.45) is 0 Å². The highest BCUT2D eigenvalue weighted by atomic mass is 16.5. The molecule has 0 radical (unpaired) electrons. The molecular weight excluding hydrogens is 126 g/mol. The van der Waals surface area contributed by atoms with Gasteiger partial charge < -0.3 is 9.64 Å². The van der Waals surface area contributed by atoms with E-state index in [0.717, 1.165) is 0 Å². The molecule has 0 N–H and O–H groups in total. The molecule has 2 nitrogen and oxygen atoms in total. The van der Waals surface area contributed by atoms with Gasteiger partial charge in [0.05, 0.1) is 0 Å². The lowest BCUT2D eigenvalue weighted by atomic mass is 10.2. The monoisotopic (exact) mass is 139 g/mol. The Labute approximate surface area is 61.8 Å². The first-order valence-corrected chi connectivity index (χ1v) is 3.35. The number of methoxy groups -OCH3 is 1. The van der Waals surface area contributed by atoms with Crippen molar-refractivity contribution in [3.63, 3.8) is 0 Å². The highest BCUT2D eigenvalue weighted by Crippen LogP contribution is 2.10. The van der Waals surface area contributed by atoms with Crippen LogP contribution in [-0.2, 0) is 4.74 Å². The van der Waals surface area contributed by atoms with Crippen molar-refractivity contribution >= 4 is 0 Å². The number of rotatable bonds is 1. The Balaban J connectivity index is 2.64. The summed E-state index contributed by atoms with van der Waals surface area (Å²) in [6.45, 7) is 2.07. The van der Waals surface area contributed by atoms with E-state index in [-0.39, 0.29) is 6.23 Å². The first-order chi connectivity index (χ1) is 4.74. The van der Waals surface area contributed by atoms with Crippen LogP contribution in [0.1, 0.15) is 6.92 Å². The lowest BCUT2D eigenvalue weighted by molar-refractivity contribution is 0.0441. The molecule has 0 fully saturated rings. The molecule has 1 aliphatic heterocycles. The molecule has 0 amide bonds. The maximum absolute atomic E-state index is 5.15. The summed E-state index contributed by atoms with van der Waals surface area (Å²) >= 11 is 0. The summed E-state index contributed by atoms with van der Waals surface area (Å²) < 4.78 is 5.15. The van der Waals surface area contributed by atoms with Gasteiger partial charge in [-0.05, 0) is 18.6 Å². The van der Waals surface area contributed by atoms with E-state index in [1.165, 1.54) is 5.57 Å². The topological polar surface area (TPSA) is 12.5 Å². The average molecular weight is 139 g/mol. The molecule has 0 saturated heterocycles. The molecule has 0 aromatic heterocycles. The van der Waals surface area contributed by atoms with Crippen molar-refractivity contribution in [3.8, 4) is 0 Å². The fourth-order valence-corrected chi connectivity index (χ4v) is 1.05. The van der Waals surface area contributed by atoms with Crippen molar-refractivity contribution in [1.82, 2.24) is 4.90 Å². The minimum atomic E-state index is 0.115. The van der Waals surface area contributed by atoms with Crippen molar-refractivity contribution in [2.75, 3.05) is 14.2 Å². The van der Waals surface area contributed by atoms with E-state index in [1.807, 2.05) is 18.0 Å². The molecule has 1 heterocycles. The fraction of sp³-hybridized carbons (Fsp3) is 0.500. The highest BCUT2D eigenvalue weighted by Gasteiger charge is 2.09. The zero-order valence-corrected chi connectivity index (χ0v) is 6.66. The van der Waals surface area contributed by atoms with E-state index in [4.69, 9.17) is 4.74 Å². The molecule has 0 aromatic rings. The molecule has 56 valence electrons. The zero-order valence-electron chi connectivity index (χ0n) is 6.66. The Hall–Kier alpha value is -0.760. The molecule has 1 atom stereocenters. The fourth-order valence-electron chi connectivity index (χ4n) is 1.05. The normalized spacial score (nSPS) is 24.9. The van der Waals surface area contributed by atoms with E-state index in [0.29, 0.717) is 0 Å². The van der Waals surface area contributed by atoms with Crippen molar-refractivity contribution in [3.05, 3.63) is 23.9 Å². The molecular formula is C8H13NO. The smallest absolute Gasteiger partial charge is 0.148 e. The summed E-state index contributed by atoms with van der Waals surface area (Å²) in [6, 6.07) is 0. The number of hydrogen-bond donors (Lipinski definition) is 0. The summed E-state index contributed by atoms with van der Waals surface area (Å²) in [5.74, 6) is 0. The van der Waals surface area contributed by atoms with Gasteiger partial charge in [-0.15, -0.1) is 0 Å². The zero-order chi connectivity index (χ0) is 7.56. The second-order valence-electron chi connectivity index (χ2n) is 2.52. The highest BCUT2D eigenvalue weighted by molar-refractivity contribution is 5.20. The van der Waals surface area contributed by atoms with E-state index in [1.54, 1.807) is 7.11 Å². The lowest BCUT2D eigenvalue weighted by Gasteiger charge is -2.25. The van der Waals surface area contributed by atoms with Gasteiger partial charge in [-0.1, -0.05) is 6.08 Å². The molecule has 0 bridgehead atoms. The van der Waals surface area contributed by atoms with Crippen LogP contribution in [0.25, 0.3) is 0 Å². The first kappa shape index (κ1) is 7.35. The molecule has 0 saturated carbocycles. The Bertz CT molecular complexity index is 172. The van der Waals surface area contributed by atoms with Crippen LogP contribution in [0.2, 0.25) is 0 Å². The number of hydrogen-bond acceptors (Lipinski definition) is 2. The van der Waals surface area contributed by atoms with Gasteiger partial charge in [0.15, 0.2) is 0 Å². The summed E-state index contributed by atoms with van der Waals surface area (Å²) in [5.41, 5.74) is 1.26. The van der Waals surface area contributed by atoms with Crippen LogP contribution in [0.15, 0.2) is 23.9 Å². The third-order valence-corrected chi connectivity index (χ3v) is 1.57. The van der Waals surface area contributed by atoms with Gasteiger partial charge in [-0.25, -0.2) is 0 Å². The molecule has 0 spiro atoms. The molecule has 1 aliphatic rings. The van der Waals surface area contributed by atoms with Gasteiger partial charge in [0.25, 0.3) is 0 Å². The largest absolute Gasteiger partial charge is 0.358 e. The summed E-state index contributed by atoms with van der Waals surface area (Å²) in [6.07, 6.45) is 6.28. The SMILES string of the molecule is COC1C=CC(C)=CN1C. The molecule has 2 heteroatoms. The predicted molar refractivity (Wildman–Crippen MR) is 41.5 cm³/mol. The molecule has 0 aromatic carbocycles. The Morgan fingerprint density at radius 2 is 2.30 bits per heavy atom. The predicted octanol–water partition coefficient (Wildman–Crippen LogP) is 1.36. The second-order valence-corrected chi connectivity index (χ2v) is 2.52. The number of allylic oxidation sites excluding steroid dienone is 2. The number of ether oxygens (including phenoxy) is 1. The van der Waals surface area contributed by atoms with E-state index in [9.17, 15) is 0 Å². The average Bonchev–Trinajstić information content (AvgIpc) is 1.88. The summed E-state index contributed by atoms with van der Waals surface area (Å²) in [4.78, 5) is 2.04. The standard InChI is InChI=1S/C8H13NO/c1-7-4-5-8(10-3)9(2)6-7/h4-6,8H,1-3H3. The third-order valence-electron chi connectivity index (χ3n) is 1.57. The Morgan fingerprint density at radius 1 is 1.60 bits per heavy atom. The summed E-state index contributed by atoms with van der Waals surface area (Å²) in [7, 11) is 3.71. The van der Waals surface area contributed by atoms with E-state index in [2.05, 4.69) is 19.2 Å². The van der Waals surface area contributed by atoms with Gasteiger partial charge in [0, 0.05) is 20.4 Å². The van der Waals surface area contributed by atoms with Crippen LogP contribution in [0, 0.1) is 0 Å². The van der Waals surface area contributed by atoms with Crippen LogP contribution in [0.3, 0.4) is 0 Å². The van der Waals surface area contributed by atoms with Gasteiger partial charge in [0.2, 0.25) is 0 Å². The molecule has 10 heavy (non-hydrogen) atoms. The quantitative estimate of drug-likeness (QED) is 0.544. The maximum Gasteiger partial charge on any atom is 0.148 e. The van der Waals surface area contributed by atoms with Gasteiger partial charge in [0.1, 0.15) is 6.23 Å². The lowest BCUT2D eigenvalue weighted by Crippen LogP contribution is -2.28. The van der Waals surface area contributed by atoms with Crippen LogP contribution >= 0.6 is 0 Å². The minimum Gasteiger partial charge on any atom is -0.358 e. The van der Waals surface area contributed by atoms with Gasteiger partial charge in [-0.3, -0.25) is 0 Å². The minimum absolute atomic E-state index is 0.115. The van der Waals surface area contributed by atoms with Crippen LogP contribution in [0.4, 0.5) is 0 Å². The number of likely N-dealkylation sites (N-methyl/N-ethyl adjacent to an activating group) is 1. The van der Waals surface area contributed by atoms with E-state index < -0.39 is 0 Å². The molecule has 1 unspecified atom stereocenters. The third kappa shape index (κ3) is 1.39.